The lowest BCUT2D eigenvalue weighted by Gasteiger charge is -2.35. The van der Waals surface area contributed by atoms with Crippen molar-refractivity contribution >= 4 is 5.82 Å². The Morgan fingerprint density at radius 1 is 1.17 bits per heavy atom. The Kier molecular flexibility index (Phi) is 7.24. The van der Waals surface area contributed by atoms with Crippen LogP contribution in [-0.2, 0) is 7.05 Å². The number of aryl methyl sites for hydroxylation is 1. The van der Waals surface area contributed by atoms with E-state index in [4.69, 9.17) is 0 Å². The van der Waals surface area contributed by atoms with E-state index in [1.165, 1.54) is 54.9 Å². The molecule has 0 spiro atoms. The maximum atomic E-state index is 15.0. The molecule has 186 valence electrons. The van der Waals surface area contributed by atoms with Crippen molar-refractivity contribution in [3.8, 4) is 28.1 Å². The Balaban J connectivity index is 1.57. The Hall–Kier alpha value is -3.22. The minimum atomic E-state index is -0.539. The van der Waals surface area contributed by atoms with Gasteiger partial charge in [0, 0.05) is 43.5 Å². The molecule has 1 fully saturated rings. The minimum absolute atomic E-state index is 0.114. The second kappa shape index (κ2) is 10.2. The highest BCUT2D eigenvalue weighted by atomic mass is 19.1. The Labute approximate surface area is 206 Å². The van der Waals surface area contributed by atoms with Crippen LogP contribution in [0.25, 0.3) is 22.4 Å². The molecule has 1 aromatic carbocycles. The third kappa shape index (κ3) is 5.39. The van der Waals surface area contributed by atoms with Gasteiger partial charge in [-0.15, -0.1) is 10.2 Å². The Bertz CT molecular complexity index is 1240. The number of hydrogen-bond donors (Lipinski definition) is 1. The molecule has 1 saturated carbocycles. The number of benzene rings is 1. The van der Waals surface area contributed by atoms with Crippen LogP contribution in [0, 0.1) is 11.2 Å². The zero-order valence-electron chi connectivity index (χ0n) is 21.1. The molecule has 2 atom stereocenters. The fraction of sp³-hybridized carbons (Fsp3) is 0.464. The summed E-state index contributed by atoms with van der Waals surface area (Å²) < 4.78 is 16.4. The smallest absolute Gasteiger partial charge is 0.250 e. The molecule has 3 aromatic rings. The molecule has 4 rings (SSSR count). The lowest BCUT2D eigenvalue weighted by molar-refractivity contribution is 0.238. The first-order valence-corrected chi connectivity index (χ1v) is 12.5. The fourth-order valence-corrected chi connectivity index (χ4v) is 5.41. The number of aromatic nitrogens is 3. The van der Waals surface area contributed by atoms with Crippen LogP contribution in [0.3, 0.4) is 0 Å². The van der Waals surface area contributed by atoms with Gasteiger partial charge in [-0.25, -0.2) is 4.39 Å². The van der Waals surface area contributed by atoms with Gasteiger partial charge in [-0.3, -0.25) is 4.79 Å². The van der Waals surface area contributed by atoms with Gasteiger partial charge in [-0.2, -0.15) is 0 Å². The van der Waals surface area contributed by atoms with Crippen molar-refractivity contribution in [2.45, 2.75) is 64.8 Å². The number of phenols is 1. The van der Waals surface area contributed by atoms with E-state index in [0.29, 0.717) is 22.7 Å². The van der Waals surface area contributed by atoms with Gasteiger partial charge in [0.05, 0.1) is 5.69 Å². The van der Waals surface area contributed by atoms with Crippen molar-refractivity contribution in [1.29, 1.82) is 0 Å². The van der Waals surface area contributed by atoms with Crippen molar-refractivity contribution in [3.63, 3.8) is 0 Å². The summed E-state index contributed by atoms with van der Waals surface area (Å²) in [7, 11) is 3.70. The summed E-state index contributed by atoms with van der Waals surface area (Å²) in [5, 5.41) is 19.4. The lowest BCUT2D eigenvalue weighted by atomic mass is 9.77. The first kappa shape index (κ1) is 24.9. The van der Waals surface area contributed by atoms with Crippen LogP contribution in [0.2, 0.25) is 0 Å². The highest BCUT2D eigenvalue weighted by Crippen LogP contribution is 2.41. The molecule has 0 unspecified atom stereocenters. The van der Waals surface area contributed by atoms with Crippen LogP contribution in [0.1, 0.15) is 58.8 Å². The predicted molar refractivity (Wildman–Crippen MR) is 138 cm³/mol. The van der Waals surface area contributed by atoms with Gasteiger partial charge >= 0.3 is 0 Å². The molecule has 2 heterocycles. The third-order valence-corrected chi connectivity index (χ3v) is 7.49. The Morgan fingerprint density at radius 3 is 2.66 bits per heavy atom. The van der Waals surface area contributed by atoms with Gasteiger partial charge in [0.2, 0.25) is 0 Å². The zero-order valence-corrected chi connectivity index (χ0v) is 21.1. The molecule has 0 amide bonds. The summed E-state index contributed by atoms with van der Waals surface area (Å²) in [6.45, 7) is 4.66. The van der Waals surface area contributed by atoms with Crippen molar-refractivity contribution in [1.82, 2.24) is 14.8 Å². The topological polar surface area (TPSA) is 71.2 Å². The van der Waals surface area contributed by atoms with Crippen molar-refractivity contribution < 1.29 is 9.50 Å². The molecule has 7 heteroatoms. The van der Waals surface area contributed by atoms with E-state index in [0.717, 1.165) is 18.7 Å². The van der Waals surface area contributed by atoms with Crippen LogP contribution in [0.4, 0.5) is 10.2 Å². The summed E-state index contributed by atoms with van der Waals surface area (Å²) in [4.78, 5) is 14.2. The average molecular weight is 479 g/mol. The molecule has 2 aromatic heterocycles. The third-order valence-electron chi connectivity index (χ3n) is 7.49. The molecule has 35 heavy (non-hydrogen) atoms. The number of rotatable bonds is 6. The second-order valence-corrected chi connectivity index (χ2v) is 10.3. The summed E-state index contributed by atoms with van der Waals surface area (Å²) in [5.74, 6) is 0.121. The summed E-state index contributed by atoms with van der Waals surface area (Å²) in [5.41, 5.74) is 1.34. The molecular weight excluding hydrogens is 443 g/mol. The van der Waals surface area contributed by atoms with Crippen molar-refractivity contribution in [2.75, 3.05) is 11.9 Å². The number of halogens is 1. The van der Waals surface area contributed by atoms with Crippen molar-refractivity contribution in [2.24, 2.45) is 12.5 Å². The van der Waals surface area contributed by atoms with Gasteiger partial charge in [0.1, 0.15) is 11.6 Å². The molecule has 6 nitrogen and oxygen atoms in total. The van der Waals surface area contributed by atoms with Crippen LogP contribution in [0.15, 0.2) is 47.4 Å². The molecule has 1 aliphatic rings. The van der Waals surface area contributed by atoms with Gasteiger partial charge in [-0.1, -0.05) is 33.1 Å². The number of anilines is 1. The van der Waals surface area contributed by atoms with Crippen LogP contribution >= 0.6 is 0 Å². The quantitative estimate of drug-likeness (QED) is 0.445. The first-order chi connectivity index (χ1) is 16.7. The van der Waals surface area contributed by atoms with E-state index >= 15 is 0 Å². The highest BCUT2D eigenvalue weighted by Gasteiger charge is 2.32. The number of hydrogen-bond acceptors (Lipinski definition) is 5. The molecule has 0 saturated heterocycles. The van der Waals surface area contributed by atoms with Gasteiger partial charge in [0.15, 0.2) is 5.82 Å². The maximum Gasteiger partial charge on any atom is 0.250 e. The van der Waals surface area contributed by atoms with E-state index in [-0.39, 0.29) is 22.4 Å². The minimum Gasteiger partial charge on any atom is -0.507 e. The van der Waals surface area contributed by atoms with Gasteiger partial charge in [-0.05, 0) is 67.0 Å². The molecular formula is C28H35FN4O2. The summed E-state index contributed by atoms with van der Waals surface area (Å²) in [6.07, 6.45) is 10.0. The number of nitrogens with zero attached hydrogens (tertiary/aromatic N) is 4. The number of phenolic OH excluding ortho intramolecular Hbond substituents is 1. The van der Waals surface area contributed by atoms with E-state index in [1.807, 2.05) is 6.07 Å². The Morgan fingerprint density at radius 2 is 1.97 bits per heavy atom. The van der Waals surface area contributed by atoms with Crippen molar-refractivity contribution in [3.05, 3.63) is 58.8 Å². The SMILES string of the molecule is CCC[C@]1(C)CCCC[C@H](N(C)c2ccc(-c3cc(F)c(-c4ccn(C)c(=O)c4)cc3O)nn2)C1. The standard InChI is InChI=1S/C28H35FN4O2/c1-5-12-28(2)13-7-6-8-20(18-28)33(4)26-10-9-24(30-31-26)22-16-23(29)21(17-25(22)34)19-11-14-32(3)27(35)15-19/h9-11,14-17,20,34H,5-8,12-13,18H2,1-4H3/t20-,28+/m0/s1. The summed E-state index contributed by atoms with van der Waals surface area (Å²) >= 11 is 0. The molecule has 1 aliphatic carbocycles. The van der Waals surface area contributed by atoms with Crippen LogP contribution in [-0.4, -0.2) is 33.0 Å². The molecule has 1 N–H and O–H groups in total. The highest BCUT2D eigenvalue weighted by molar-refractivity contribution is 5.74. The maximum absolute atomic E-state index is 15.0. The van der Waals surface area contributed by atoms with E-state index < -0.39 is 5.82 Å². The fourth-order valence-electron chi connectivity index (χ4n) is 5.41. The predicted octanol–water partition coefficient (Wildman–Crippen LogP) is 5.93. The average Bonchev–Trinajstić information content (AvgIpc) is 3.03. The van der Waals surface area contributed by atoms with Crippen LogP contribution in [0.5, 0.6) is 5.75 Å². The monoisotopic (exact) mass is 478 g/mol. The zero-order chi connectivity index (χ0) is 25.2. The van der Waals surface area contributed by atoms with Crippen LogP contribution < -0.4 is 10.5 Å². The van der Waals surface area contributed by atoms with E-state index in [1.54, 1.807) is 25.4 Å². The van der Waals surface area contributed by atoms with Gasteiger partial charge < -0.3 is 14.6 Å². The summed E-state index contributed by atoms with van der Waals surface area (Å²) in [6, 6.07) is 9.63. The second-order valence-electron chi connectivity index (χ2n) is 10.3. The number of pyridine rings is 1. The van der Waals surface area contributed by atoms with Gasteiger partial charge in [0.25, 0.3) is 5.56 Å². The number of aromatic hydroxyl groups is 1. The molecule has 0 radical (unpaired) electrons. The molecule has 0 aliphatic heterocycles. The first-order valence-electron chi connectivity index (χ1n) is 12.5. The van der Waals surface area contributed by atoms with E-state index in [2.05, 4.69) is 36.0 Å². The lowest BCUT2D eigenvalue weighted by Crippen LogP contribution is -2.36. The normalized spacial score (nSPS) is 20.4. The molecule has 0 bridgehead atoms. The largest absolute Gasteiger partial charge is 0.507 e. The van der Waals surface area contributed by atoms with E-state index in [9.17, 15) is 14.3 Å².